The minimum absolute atomic E-state index is 0.347. The normalized spacial score (nSPS) is 18.4. The summed E-state index contributed by atoms with van der Waals surface area (Å²) >= 11 is 0. The summed E-state index contributed by atoms with van der Waals surface area (Å²) in [5.74, 6) is 1.37. The van der Waals surface area contributed by atoms with Gasteiger partial charge in [0.05, 0.1) is 20.8 Å². The second-order valence-corrected chi connectivity index (χ2v) is 4.21. The fourth-order valence-corrected chi connectivity index (χ4v) is 2.10. The molecular formula is C13H18N2O4. The van der Waals surface area contributed by atoms with Crippen LogP contribution in [0.1, 0.15) is 11.7 Å². The van der Waals surface area contributed by atoms with E-state index in [1.54, 1.807) is 31.3 Å². The second kappa shape index (κ2) is 5.79. The third-order valence-corrected chi connectivity index (χ3v) is 3.07. The standard InChI is InChI=1S/C13H18N2O4/c1-17-9-3-4-11(18-2)10(7-9)12-8-15(6-5-14)13(16)19-12/h3-4,7,12H,5-6,8,14H2,1-2H3. The van der Waals surface area contributed by atoms with Crippen molar-refractivity contribution in [3.05, 3.63) is 23.8 Å². The number of ether oxygens (including phenoxy) is 3. The molecular weight excluding hydrogens is 248 g/mol. The van der Waals surface area contributed by atoms with Crippen LogP contribution in [0.4, 0.5) is 4.79 Å². The SMILES string of the molecule is COc1ccc(OC)c(C2CN(CCN)C(=O)O2)c1. The predicted molar refractivity (Wildman–Crippen MR) is 69.4 cm³/mol. The summed E-state index contributed by atoms with van der Waals surface area (Å²) in [6.07, 6.45) is -0.704. The third-order valence-electron chi connectivity index (χ3n) is 3.07. The Morgan fingerprint density at radius 3 is 2.84 bits per heavy atom. The molecule has 0 spiro atoms. The van der Waals surface area contributed by atoms with Crippen LogP contribution >= 0.6 is 0 Å². The second-order valence-electron chi connectivity index (χ2n) is 4.21. The van der Waals surface area contributed by atoms with E-state index in [0.29, 0.717) is 31.1 Å². The van der Waals surface area contributed by atoms with Crippen LogP contribution in [0.15, 0.2) is 18.2 Å². The van der Waals surface area contributed by atoms with Crippen LogP contribution in [0.3, 0.4) is 0 Å². The van der Waals surface area contributed by atoms with E-state index in [9.17, 15) is 4.79 Å². The smallest absolute Gasteiger partial charge is 0.410 e. The molecule has 104 valence electrons. The minimum atomic E-state index is -0.357. The molecule has 1 aliphatic rings. The molecule has 6 nitrogen and oxygen atoms in total. The van der Waals surface area contributed by atoms with Gasteiger partial charge in [0.15, 0.2) is 6.10 Å². The molecule has 0 radical (unpaired) electrons. The van der Waals surface area contributed by atoms with E-state index >= 15 is 0 Å². The van der Waals surface area contributed by atoms with E-state index in [2.05, 4.69) is 0 Å². The van der Waals surface area contributed by atoms with Gasteiger partial charge in [-0.3, -0.25) is 0 Å². The van der Waals surface area contributed by atoms with Crippen molar-refractivity contribution in [3.63, 3.8) is 0 Å². The molecule has 2 N–H and O–H groups in total. The summed E-state index contributed by atoms with van der Waals surface area (Å²) in [4.78, 5) is 13.3. The van der Waals surface area contributed by atoms with Gasteiger partial charge >= 0.3 is 6.09 Å². The van der Waals surface area contributed by atoms with Crippen molar-refractivity contribution in [2.75, 3.05) is 33.9 Å². The summed E-state index contributed by atoms with van der Waals surface area (Å²) in [6.45, 7) is 1.37. The molecule has 0 saturated carbocycles. The number of cyclic esters (lactones) is 1. The Morgan fingerprint density at radius 2 is 2.21 bits per heavy atom. The fraction of sp³-hybridized carbons (Fsp3) is 0.462. The molecule has 1 unspecified atom stereocenters. The van der Waals surface area contributed by atoms with Gasteiger partial charge in [-0.05, 0) is 18.2 Å². The zero-order valence-corrected chi connectivity index (χ0v) is 11.1. The van der Waals surface area contributed by atoms with Crippen LogP contribution in [0.5, 0.6) is 11.5 Å². The Labute approximate surface area is 112 Å². The number of methoxy groups -OCH3 is 2. The van der Waals surface area contributed by atoms with E-state index in [4.69, 9.17) is 19.9 Å². The largest absolute Gasteiger partial charge is 0.497 e. The molecule has 2 rings (SSSR count). The number of hydrogen-bond donors (Lipinski definition) is 1. The molecule has 1 atom stereocenters. The van der Waals surface area contributed by atoms with Crippen molar-refractivity contribution >= 4 is 6.09 Å². The zero-order chi connectivity index (χ0) is 13.8. The number of hydrogen-bond acceptors (Lipinski definition) is 5. The topological polar surface area (TPSA) is 74.0 Å². The average Bonchev–Trinajstić information content (AvgIpc) is 2.80. The van der Waals surface area contributed by atoms with Crippen LogP contribution in [-0.2, 0) is 4.74 Å². The van der Waals surface area contributed by atoms with Gasteiger partial charge in [-0.2, -0.15) is 0 Å². The molecule has 0 aromatic heterocycles. The molecule has 1 aromatic carbocycles. The molecule has 1 saturated heterocycles. The summed E-state index contributed by atoms with van der Waals surface area (Å²) < 4.78 is 15.8. The summed E-state index contributed by atoms with van der Waals surface area (Å²) in [6, 6.07) is 5.42. The van der Waals surface area contributed by atoms with E-state index in [1.807, 2.05) is 6.07 Å². The third kappa shape index (κ3) is 2.73. The summed E-state index contributed by atoms with van der Waals surface area (Å²) in [5, 5.41) is 0. The first-order valence-electron chi connectivity index (χ1n) is 6.07. The lowest BCUT2D eigenvalue weighted by molar-refractivity contribution is 0.132. The van der Waals surface area contributed by atoms with E-state index in [0.717, 1.165) is 5.56 Å². The van der Waals surface area contributed by atoms with Crippen LogP contribution in [0.25, 0.3) is 0 Å². The van der Waals surface area contributed by atoms with Gasteiger partial charge in [-0.15, -0.1) is 0 Å². The van der Waals surface area contributed by atoms with Gasteiger partial charge < -0.3 is 24.8 Å². The maximum atomic E-state index is 11.7. The number of rotatable bonds is 5. The Bertz CT molecular complexity index is 464. The highest BCUT2D eigenvalue weighted by Crippen LogP contribution is 2.34. The monoisotopic (exact) mass is 266 g/mol. The van der Waals surface area contributed by atoms with E-state index in [1.165, 1.54) is 0 Å². The fourth-order valence-electron chi connectivity index (χ4n) is 2.10. The zero-order valence-electron chi connectivity index (χ0n) is 11.1. The molecule has 6 heteroatoms. The molecule has 19 heavy (non-hydrogen) atoms. The van der Waals surface area contributed by atoms with E-state index in [-0.39, 0.29) is 12.2 Å². The van der Waals surface area contributed by atoms with Crippen molar-refractivity contribution in [3.8, 4) is 11.5 Å². The lowest BCUT2D eigenvalue weighted by atomic mass is 10.1. The molecule has 1 aliphatic heterocycles. The molecule has 1 heterocycles. The number of nitrogens with zero attached hydrogens (tertiary/aromatic N) is 1. The Hall–Kier alpha value is -1.95. The van der Waals surface area contributed by atoms with Crippen molar-refractivity contribution in [2.24, 2.45) is 5.73 Å². The molecule has 0 bridgehead atoms. The highest BCUT2D eigenvalue weighted by molar-refractivity contribution is 5.70. The number of benzene rings is 1. The van der Waals surface area contributed by atoms with Crippen LogP contribution in [-0.4, -0.2) is 44.8 Å². The first kappa shape index (κ1) is 13.5. The van der Waals surface area contributed by atoms with Crippen LogP contribution < -0.4 is 15.2 Å². The number of carbonyl (C=O) groups excluding carboxylic acids is 1. The maximum absolute atomic E-state index is 11.7. The van der Waals surface area contributed by atoms with Gasteiger partial charge in [-0.25, -0.2) is 4.79 Å². The van der Waals surface area contributed by atoms with E-state index < -0.39 is 0 Å². The Kier molecular flexibility index (Phi) is 4.11. The number of amides is 1. The van der Waals surface area contributed by atoms with Crippen molar-refractivity contribution < 1.29 is 19.0 Å². The maximum Gasteiger partial charge on any atom is 0.410 e. The van der Waals surface area contributed by atoms with Gasteiger partial charge in [-0.1, -0.05) is 0 Å². The Morgan fingerprint density at radius 1 is 1.42 bits per heavy atom. The van der Waals surface area contributed by atoms with Crippen molar-refractivity contribution in [1.82, 2.24) is 4.90 Å². The molecule has 0 aliphatic carbocycles. The molecule has 1 aromatic rings. The predicted octanol–water partition coefficient (Wildman–Crippen LogP) is 1.16. The lowest BCUT2D eigenvalue weighted by Crippen LogP contribution is -2.30. The first-order chi connectivity index (χ1) is 9.19. The average molecular weight is 266 g/mol. The lowest BCUT2D eigenvalue weighted by Gasteiger charge is -2.15. The molecule has 1 amide bonds. The summed E-state index contributed by atoms with van der Waals surface area (Å²) in [5.41, 5.74) is 6.26. The van der Waals surface area contributed by atoms with Gasteiger partial charge in [0.2, 0.25) is 0 Å². The number of carbonyl (C=O) groups is 1. The van der Waals surface area contributed by atoms with Crippen LogP contribution in [0.2, 0.25) is 0 Å². The highest BCUT2D eigenvalue weighted by atomic mass is 16.6. The van der Waals surface area contributed by atoms with Crippen LogP contribution in [0, 0.1) is 0 Å². The molecule has 1 fully saturated rings. The van der Waals surface area contributed by atoms with Gasteiger partial charge in [0.1, 0.15) is 11.5 Å². The van der Waals surface area contributed by atoms with Crippen molar-refractivity contribution in [1.29, 1.82) is 0 Å². The first-order valence-corrected chi connectivity index (χ1v) is 6.07. The van der Waals surface area contributed by atoms with Gasteiger partial charge in [0, 0.05) is 18.7 Å². The minimum Gasteiger partial charge on any atom is -0.497 e. The Balaban J connectivity index is 2.24. The van der Waals surface area contributed by atoms with Gasteiger partial charge in [0.25, 0.3) is 0 Å². The van der Waals surface area contributed by atoms with Crippen molar-refractivity contribution in [2.45, 2.75) is 6.10 Å². The summed E-state index contributed by atoms with van der Waals surface area (Å²) in [7, 11) is 3.17. The number of nitrogens with two attached hydrogens (primary N) is 1. The quantitative estimate of drug-likeness (QED) is 0.865. The highest BCUT2D eigenvalue weighted by Gasteiger charge is 2.33.